The topological polar surface area (TPSA) is 53.9 Å². The van der Waals surface area contributed by atoms with Crippen molar-refractivity contribution in [3.05, 3.63) is 59.2 Å². The van der Waals surface area contributed by atoms with E-state index < -0.39 is 0 Å². The second-order valence-corrected chi connectivity index (χ2v) is 8.63. The van der Waals surface area contributed by atoms with E-state index in [1.165, 1.54) is 11.3 Å². The molecule has 0 saturated heterocycles. The van der Waals surface area contributed by atoms with Crippen LogP contribution in [0.3, 0.4) is 0 Å². The lowest BCUT2D eigenvalue weighted by molar-refractivity contribution is 0.0955. The fourth-order valence-electron chi connectivity index (χ4n) is 4.50. The van der Waals surface area contributed by atoms with Crippen molar-refractivity contribution >= 4 is 17.8 Å². The number of carbonyl (C=O) groups is 1. The summed E-state index contributed by atoms with van der Waals surface area (Å²) in [6.45, 7) is 11.4. The zero-order valence-corrected chi connectivity index (χ0v) is 18.2. The number of hydrazone groups is 1. The molecule has 1 heterocycles. The van der Waals surface area contributed by atoms with Crippen molar-refractivity contribution in [2.24, 2.45) is 5.10 Å². The fraction of sp³-hybridized carbons (Fsp3) is 0.417. The number of rotatable bonds is 5. The summed E-state index contributed by atoms with van der Waals surface area (Å²) < 4.78 is 5.11. The molecule has 0 aliphatic carbocycles. The number of anilines is 1. The maximum Gasteiger partial charge on any atom is 0.271 e. The molecule has 1 aliphatic heterocycles. The smallest absolute Gasteiger partial charge is 0.271 e. The van der Waals surface area contributed by atoms with E-state index in [2.05, 4.69) is 68.2 Å². The van der Waals surface area contributed by atoms with Crippen LogP contribution < -0.4 is 15.1 Å². The Kier molecular flexibility index (Phi) is 5.96. The summed E-state index contributed by atoms with van der Waals surface area (Å²) >= 11 is 0. The second kappa shape index (κ2) is 8.27. The number of carbonyl (C=O) groups excluding carboxylic acids is 1. The molecule has 0 bridgehead atoms. The molecule has 0 aromatic heterocycles. The highest BCUT2D eigenvalue weighted by molar-refractivity contribution is 5.95. The van der Waals surface area contributed by atoms with Crippen LogP contribution in [0.4, 0.5) is 5.69 Å². The van der Waals surface area contributed by atoms with Gasteiger partial charge in [0.15, 0.2) is 0 Å². The highest BCUT2D eigenvalue weighted by Gasteiger charge is 2.37. The van der Waals surface area contributed by atoms with Gasteiger partial charge in [-0.15, -0.1) is 0 Å². The minimum atomic E-state index is -0.247. The number of amides is 1. The second-order valence-electron chi connectivity index (χ2n) is 8.63. The molecule has 1 amide bonds. The number of benzene rings is 2. The number of nitrogens with one attached hydrogen (secondary N) is 1. The Balaban J connectivity index is 1.75. The van der Waals surface area contributed by atoms with Crippen LogP contribution in [-0.4, -0.2) is 30.8 Å². The lowest BCUT2D eigenvalue weighted by Crippen LogP contribution is -2.51. The summed E-state index contributed by atoms with van der Waals surface area (Å²) in [6.07, 6.45) is 2.81. The fourth-order valence-corrected chi connectivity index (χ4v) is 4.50. The van der Waals surface area contributed by atoms with Crippen LogP contribution in [0, 0.1) is 0 Å². The molecule has 1 unspecified atom stereocenters. The molecule has 0 fully saturated rings. The van der Waals surface area contributed by atoms with Gasteiger partial charge in [0.05, 0.1) is 13.3 Å². The average Bonchev–Trinajstić information content (AvgIpc) is 2.67. The van der Waals surface area contributed by atoms with Crippen LogP contribution in [0.5, 0.6) is 5.75 Å². The summed E-state index contributed by atoms with van der Waals surface area (Å²) in [6, 6.07) is 13.8. The zero-order valence-electron chi connectivity index (χ0n) is 18.2. The molecule has 1 N–H and O–H groups in total. The van der Waals surface area contributed by atoms with Gasteiger partial charge >= 0.3 is 0 Å². The summed E-state index contributed by atoms with van der Waals surface area (Å²) in [5, 5.41) is 4.15. The summed E-state index contributed by atoms with van der Waals surface area (Å²) in [7, 11) is 1.60. The van der Waals surface area contributed by atoms with Gasteiger partial charge in [0.1, 0.15) is 5.75 Å². The molecule has 1 atom stereocenters. The van der Waals surface area contributed by atoms with E-state index in [0.29, 0.717) is 23.3 Å². The number of ether oxygens (including phenoxy) is 1. The Morgan fingerprint density at radius 2 is 1.93 bits per heavy atom. The monoisotopic (exact) mass is 393 g/mol. The standard InChI is InChI=1S/C24H31N3O2/c1-16(2)27-22-12-7-18(13-21(22)17(3)14-24(27,4)5)15-25-26-23(28)19-8-10-20(29-6)11-9-19/h7-13,15-17H,14H2,1-6H3,(H,26,28)/b25-15+. The quantitative estimate of drug-likeness (QED) is 0.577. The molecule has 0 spiro atoms. The molecule has 1 aliphatic rings. The number of hydrogen-bond acceptors (Lipinski definition) is 4. The Bertz CT molecular complexity index is 901. The van der Waals surface area contributed by atoms with Crippen LogP contribution in [0.25, 0.3) is 0 Å². The van der Waals surface area contributed by atoms with Gasteiger partial charge in [0.2, 0.25) is 0 Å². The average molecular weight is 394 g/mol. The molecule has 2 aromatic carbocycles. The number of fused-ring (bicyclic) bond motifs is 1. The minimum absolute atomic E-state index is 0.128. The van der Waals surface area contributed by atoms with Crippen molar-refractivity contribution in [1.29, 1.82) is 0 Å². The van der Waals surface area contributed by atoms with Gasteiger partial charge in [0, 0.05) is 22.8 Å². The molecule has 2 aromatic rings. The van der Waals surface area contributed by atoms with Crippen molar-refractivity contribution < 1.29 is 9.53 Å². The van der Waals surface area contributed by atoms with E-state index in [-0.39, 0.29) is 11.4 Å². The minimum Gasteiger partial charge on any atom is -0.497 e. The number of nitrogens with zero attached hydrogens (tertiary/aromatic N) is 2. The van der Waals surface area contributed by atoms with Gasteiger partial charge in [-0.2, -0.15) is 5.10 Å². The van der Waals surface area contributed by atoms with Crippen molar-refractivity contribution in [3.63, 3.8) is 0 Å². The lowest BCUT2D eigenvalue weighted by atomic mass is 9.79. The molecule has 0 radical (unpaired) electrons. The highest BCUT2D eigenvalue weighted by atomic mass is 16.5. The van der Waals surface area contributed by atoms with Crippen molar-refractivity contribution in [1.82, 2.24) is 5.43 Å². The Morgan fingerprint density at radius 3 is 2.55 bits per heavy atom. The van der Waals surface area contributed by atoms with E-state index >= 15 is 0 Å². The third kappa shape index (κ3) is 4.44. The summed E-state index contributed by atoms with van der Waals surface area (Å²) in [5.74, 6) is 0.937. The molecule has 5 nitrogen and oxygen atoms in total. The van der Waals surface area contributed by atoms with E-state index in [1.807, 2.05) is 0 Å². The number of methoxy groups -OCH3 is 1. The lowest BCUT2D eigenvalue weighted by Gasteiger charge is -2.50. The van der Waals surface area contributed by atoms with E-state index in [9.17, 15) is 4.79 Å². The van der Waals surface area contributed by atoms with Gasteiger partial charge < -0.3 is 9.64 Å². The Hall–Kier alpha value is -2.82. The molecule has 0 saturated carbocycles. The predicted octanol–water partition coefficient (Wildman–Crippen LogP) is 4.96. The van der Waals surface area contributed by atoms with E-state index in [4.69, 9.17) is 4.74 Å². The molecule has 154 valence electrons. The first kappa shape index (κ1) is 20.9. The largest absolute Gasteiger partial charge is 0.497 e. The van der Waals surface area contributed by atoms with Crippen LogP contribution in [0.2, 0.25) is 0 Å². The van der Waals surface area contributed by atoms with E-state index in [1.54, 1.807) is 37.6 Å². The van der Waals surface area contributed by atoms with Gasteiger partial charge in [0.25, 0.3) is 5.91 Å². The van der Waals surface area contributed by atoms with Crippen LogP contribution >= 0.6 is 0 Å². The summed E-state index contributed by atoms with van der Waals surface area (Å²) in [4.78, 5) is 14.7. The third-order valence-electron chi connectivity index (χ3n) is 5.55. The Morgan fingerprint density at radius 1 is 1.24 bits per heavy atom. The predicted molar refractivity (Wildman–Crippen MR) is 119 cm³/mol. The normalized spacial score (nSPS) is 18.0. The first-order chi connectivity index (χ1) is 13.7. The third-order valence-corrected chi connectivity index (χ3v) is 5.55. The molecular formula is C24H31N3O2. The van der Waals surface area contributed by atoms with E-state index in [0.717, 1.165) is 12.0 Å². The van der Waals surface area contributed by atoms with Gasteiger partial charge in [-0.25, -0.2) is 5.43 Å². The maximum absolute atomic E-state index is 12.2. The van der Waals surface area contributed by atoms with Crippen LogP contribution in [0.1, 0.15) is 68.4 Å². The SMILES string of the molecule is COc1ccc(C(=O)N/N=C/c2ccc3c(c2)C(C)CC(C)(C)N3C(C)C)cc1. The van der Waals surface area contributed by atoms with Crippen LogP contribution in [0.15, 0.2) is 47.6 Å². The molecule has 5 heteroatoms. The Labute approximate surface area is 173 Å². The van der Waals surface area contributed by atoms with Gasteiger partial charge in [-0.05, 0) is 87.6 Å². The maximum atomic E-state index is 12.2. The van der Waals surface area contributed by atoms with Gasteiger partial charge in [-0.1, -0.05) is 13.0 Å². The highest BCUT2D eigenvalue weighted by Crippen LogP contribution is 2.44. The first-order valence-electron chi connectivity index (χ1n) is 10.1. The van der Waals surface area contributed by atoms with Gasteiger partial charge in [-0.3, -0.25) is 4.79 Å². The number of hydrogen-bond donors (Lipinski definition) is 1. The molecule has 29 heavy (non-hydrogen) atoms. The van der Waals surface area contributed by atoms with Crippen molar-refractivity contribution in [3.8, 4) is 5.75 Å². The molecule has 3 rings (SSSR count). The van der Waals surface area contributed by atoms with Crippen LogP contribution in [-0.2, 0) is 0 Å². The van der Waals surface area contributed by atoms with Crippen molar-refractivity contribution in [2.75, 3.05) is 12.0 Å². The molecular weight excluding hydrogens is 362 g/mol. The zero-order chi connectivity index (χ0) is 21.2. The van der Waals surface area contributed by atoms with Crippen molar-refractivity contribution in [2.45, 2.75) is 58.5 Å². The first-order valence-corrected chi connectivity index (χ1v) is 10.1. The summed E-state index contributed by atoms with van der Waals surface area (Å²) in [5.41, 5.74) is 6.87.